The number of aromatic nitrogens is 1. The van der Waals surface area contributed by atoms with Crippen LogP contribution in [0.5, 0.6) is 0 Å². The fraction of sp³-hybridized carbons (Fsp3) is 0.250. The molecule has 9 heavy (non-hydrogen) atoms. The third-order valence-corrected chi connectivity index (χ3v) is 1.71. The molecule has 50 valence electrons. The fourth-order valence-corrected chi connectivity index (χ4v) is 1.13. The second-order valence-corrected chi connectivity index (χ2v) is 2.77. The average Bonchev–Trinajstić information content (AvgIpc) is 2.14. The van der Waals surface area contributed by atoms with Gasteiger partial charge in [0.2, 0.25) is 0 Å². The van der Waals surface area contributed by atoms with Crippen molar-refractivity contribution in [2.45, 2.75) is 6.43 Å². The van der Waals surface area contributed by atoms with E-state index in [1.807, 2.05) is 0 Å². The molecule has 1 heterocycles. The molecule has 1 aromatic rings. The monoisotopic (exact) mass is 169 g/mol. The maximum Gasteiger partial charge on any atom is 0.281 e. The summed E-state index contributed by atoms with van der Waals surface area (Å²) in [6.45, 7) is 0. The van der Waals surface area contributed by atoms with E-state index in [1.165, 1.54) is 5.38 Å². The normalized spacial score (nSPS) is 10.7. The van der Waals surface area contributed by atoms with Crippen molar-refractivity contribution in [2.75, 3.05) is 0 Å². The van der Waals surface area contributed by atoms with Crippen molar-refractivity contribution in [3.8, 4) is 0 Å². The van der Waals surface area contributed by atoms with Gasteiger partial charge in [-0.2, -0.15) is 0 Å². The van der Waals surface area contributed by atoms with Gasteiger partial charge in [-0.15, -0.1) is 11.3 Å². The third-order valence-electron chi connectivity index (χ3n) is 0.717. The van der Waals surface area contributed by atoms with Crippen molar-refractivity contribution in [1.82, 2.24) is 4.98 Å². The maximum absolute atomic E-state index is 11.7. The summed E-state index contributed by atoms with van der Waals surface area (Å²) in [5.74, 6) is 0. The lowest BCUT2D eigenvalue weighted by molar-refractivity contribution is 0.147. The first-order chi connectivity index (χ1) is 4.20. The van der Waals surface area contributed by atoms with E-state index in [2.05, 4.69) is 4.98 Å². The van der Waals surface area contributed by atoms with Gasteiger partial charge in [-0.25, -0.2) is 13.8 Å². The number of halogens is 3. The highest BCUT2D eigenvalue weighted by atomic mass is 35.5. The van der Waals surface area contributed by atoms with Crippen LogP contribution in [0.2, 0.25) is 4.47 Å². The van der Waals surface area contributed by atoms with E-state index in [1.54, 1.807) is 0 Å². The summed E-state index contributed by atoms with van der Waals surface area (Å²) in [5, 5.41) is 1.24. The van der Waals surface area contributed by atoms with Crippen LogP contribution in [0.3, 0.4) is 0 Å². The fourth-order valence-electron chi connectivity index (χ4n) is 0.363. The molecule has 0 N–H and O–H groups in total. The molecule has 0 saturated heterocycles. The maximum atomic E-state index is 11.7. The zero-order valence-electron chi connectivity index (χ0n) is 4.14. The van der Waals surface area contributed by atoms with Gasteiger partial charge in [0.05, 0.1) is 0 Å². The van der Waals surface area contributed by atoms with Gasteiger partial charge in [0, 0.05) is 5.38 Å². The van der Waals surface area contributed by atoms with E-state index in [-0.39, 0.29) is 10.2 Å². The van der Waals surface area contributed by atoms with Crippen LogP contribution >= 0.6 is 22.9 Å². The molecule has 1 rings (SSSR count). The van der Waals surface area contributed by atoms with Crippen molar-refractivity contribution in [3.05, 3.63) is 15.5 Å². The van der Waals surface area contributed by atoms with Crippen LogP contribution < -0.4 is 0 Å². The zero-order valence-corrected chi connectivity index (χ0v) is 5.72. The van der Waals surface area contributed by atoms with Gasteiger partial charge >= 0.3 is 0 Å². The van der Waals surface area contributed by atoms with Crippen molar-refractivity contribution >= 4 is 22.9 Å². The molecule has 0 aliphatic carbocycles. The van der Waals surface area contributed by atoms with Crippen LogP contribution in [0.15, 0.2) is 5.38 Å². The number of rotatable bonds is 1. The molecule has 0 aliphatic rings. The summed E-state index contributed by atoms with van der Waals surface area (Å²) >= 11 is 6.29. The van der Waals surface area contributed by atoms with Gasteiger partial charge < -0.3 is 0 Å². The zero-order chi connectivity index (χ0) is 6.85. The minimum atomic E-state index is -2.51. The molecule has 0 saturated carbocycles. The van der Waals surface area contributed by atoms with Crippen molar-refractivity contribution < 1.29 is 8.78 Å². The van der Waals surface area contributed by atoms with Crippen molar-refractivity contribution in [2.24, 2.45) is 0 Å². The minimum Gasteiger partial charge on any atom is -0.224 e. The third kappa shape index (κ3) is 1.59. The summed E-state index contributed by atoms with van der Waals surface area (Å²) < 4.78 is 23.5. The Bertz CT molecular complexity index is 200. The molecule has 1 aromatic heterocycles. The Hall–Kier alpha value is -0.220. The number of nitrogens with zero attached hydrogens (tertiary/aromatic N) is 1. The smallest absolute Gasteiger partial charge is 0.224 e. The van der Waals surface area contributed by atoms with Crippen LogP contribution in [0, 0.1) is 0 Å². The van der Waals surface area contributed by atoms with Gasteiger partial charge in [0.15, 0.2) is 4.47 Å². The van der Waals surface area contributed by atoms with Crippen LogP contribution in [0.4, 0.5) is 8.78 Å². The van der Waals surface area contributed by atoms with E-state index in [0.717, 1.165) is 11.3 Å². The number of hydrogen-bond donors (Lipinski definition) is 0. The summed E-state index contributed by atoms with van der Waals surface area (Å²) in [4.78, 5) is 3.34. The summed E-state index contributed by atoms with van der Waals surface area (Å²) in [5.41, 5.74) is -0.245. The van der Waals surface area contributed by atoms with Crippen molar-refractivity contribution in [3.63, 3.8) is 0 Å². The van der Waals surface area contributed by atoms with E-state index < -0.39 is 6.43 Å². The van der Waals surface area contributed by atoms with Crippen LogP contribution in [-0.2, 0) is 0 Å². The molecule has 0 unspecified atom stereocenters. The summed E-state index contributed by atoms with van der Waals surface area (Å²) in [6, 6.07) is 0. The topological polar surface area (TPSA) is 12.9 Å². The Morgan fingerprint density at radius 2 is 2.33 bits per heavy atom. The minimum absolute atomic E-state index is 0.158. The lowest BCUT2D eigenvalue weighted by atomic mass is 10.5. The molecule has 0 bridgehead atoms. The Morgan fingerprint density at radius 1 is 1.67 bits per heavy atom. The van der Waals surface area contributed by atoms with E-state index >= 15 is 0 Å². The van der Waals surface area contributed by atoms with Crippen LogP contribution in [0.25, 0.3) is 0 Å². The van der Waals surface area contributed by atoms with E-state index in [0.29, 0.717) is 0 Å². The quantitative estimate of drug-likeness (QED) is 0.630. The first-order valence-electron chi connectivity index (χ1n) is 2.09. The molecule has 0 atom stereocenters. The SMILES string of the molecule is FC(F)c1csc(Cl)n1. The van der Waals surface area contributed by atoms with E-state index in [9.17, 15) is 8.78 Å². The largest absolute Gasteiger partial charge is 0.281 e. The first kappa shape index (κ1) is 6.89. The molecule has 5 heteroatoms. The molecule has 1 nitrogen and oxygen atoms in total. The summed E-state index contributed by atoms with van der Waals surface area (Å²) in [6.07, 6.45) is -2.51. The lowest BCUT2D eigenvalue weighted by Gasteiger charge is -1.86. The number of thiazole rings is 1. The number of alkyl halides is 2. The molecule has 0 amide bonds. The standard InChI is InChI=1S/C4H2ClF2NS/c5-4-8-2(1-9-4)3(6)7/h1,3H. The predicted molar refractivity (Wildman–Crippen MR) is 32.1 cm³/mol. The van der Waals surface area contributed by atoms with Gasteiger partial charge in [0.1, 0.15) is 5.69 Å². The van der Waals surface area contributed by atoms with Gasteiger partial charge in [-0.1, -0.05) is 11.6 Å². The second-order valence-electron chi connectivity index (χ2n) is 1.33. The van der Waals surface area contributed by atoms with Crippen molar-refractivity contribution in [1.29, 1.82) is 0 Å². The molecular weight excluding hydrogens is 168 g/mol. The molecule has 0 radical (unpaired) electrons. The second kappa shape index (κ2) is 2.58. The molecule has 0 fully saturated rings. The highest BCUT2D eigenvalue weighted by Gasteiger charge is 2.09. The Morgan fingerprint density at radius 3 is 2.56 bits per heavy atom. The van der Waals surface area contributed by atoms with Gasteiger partial charge in [0.25, 0.3) is 6.43 Å². The van der Waals surface area contributed by atoms with Crippen LogP contribution in [-0.4, -0.2) is 4.98 Å². The molecular formula is C4H2ClF2NS. The Labute approximate surface area is 59.3 Å². The molecule has 0 spiro atoms. The Balaban J connectivity index is 2.85. The highest BCUT2D eigenvalue weighted by Crippen LogP contribution is 2.23. The predicted octanol–water partition coefficient (Wildman–Crippen LogP) is 2.73. The Kier molecular flexibility index (Phi) is 1.97. The summed E-state index contributed by atoms with van der Waals surface area (Å²) in [7, 11) is 0. The average molecular weight is 170 g/mol. The first-order valence-corrected chi connectivity index (χ1v) is 3.35. The molecule has 0 aliphatic heterocycles. The van der Waals surface area contributed by atoms with Gasteiger partial charge in [-0.05, 0) is 0 Å². The lowest BCUT2D eigenvalue weighted by Crippen LogP contribution is -1.80. The van der Waals surface area contributed by atoms with E-state index in [4.69, 9.17) is 11.6 Å². The van der Waals surface area contributed by atoms with Gasteiger partial charge in [-0.3, -0.25) is 0 Å². The highest BCUT2D eigenvalue weighted by molar-refractivity contribution is 7.13. The number of hydrogen-bond acceptors (Lipinski definition) is 2. The van der Waals surface area contributed by atoms with Crippen LogP contribution in [0.1, 0.15) is 12.1 Å². The molecule has 0 aromatic carbocycles.